The van der Waals surface area contributed by atoms with Crippen molar-refractivity contribution in [2.24, 2.45) is 5.73 Å². The van der Waals surface area contributed by atoms with E-state index in [1.807, 2.05) is 38.1 Å². The van der Waals surface area contributed by atoms with Gasteiger partial charge in [-0.3, -0.25) is 4.79 Å². The van der Waals surface area contributed by atoms with Gasteiger partial charge in [-0.1, -0.05) is 29.8 Å². The lowest BCUT2D eigenvalue weighted by Gasteiger charge is -2.25. The number of hydrogen-bond donors (Lipinski definition) is 2. The molecule has 0 bridgehead atoms. The molecule has 3 N–H and O–H groups in total. The maximum atomic E-state index is 11.8. The van der Waals surface area contributed by atoms with E-state index in [1.165, 1.54) is 0 Å². The van der Waals surface area contributed by atoms with Crippen LogP contribution in [0.3, 0.4) is 0 Å². The van der Waals surface area contributed by atoms with E-state index in [0.29, 0.717) is 6.54 Å². The van der Waals surface area contributed by atoms with Crippen LogP contribution in [0.2, 0.25) is 0 Å². The molecule has 2 atom stereocenters. The number of carbonyl (C=O) groups excluding carboxylic acids is 1. The number of hydrogen-bond acceptors (Lipinski definition) is 3. The van der Waals surface area contributed by atoms with Crippen LogP contribution in [-0.2, 0) is 4.79 Å². The second-order valence-electron chi connectivity index (χ2n) is 4.59. The summed E-state index contributed by atoms with van der Waals surface area (Å²) in [6.45, 7) is 6.35. The summed E-state index contributed by atoms with van der Waals surface area (Å²) in [7, 11) is 0. The van der Waals surface area contributed by atoms with Crippen LogP contribution < -0.4 is 5.73 Å². The Hall–Kier alpha value is -1.10. The van der Waals surface area contributed by atoms with Gasteiger partial charge in [-0.25, -0.2) is 0 Å². The molecule has 0 radical (unpaired) electrons. The van der Waals surface area contributed by atoms with E-state index in [4.69, 9.17) is 5.73 Å². The molecule has 0 aliphatic carbocycles. The first kappa shape index (κ1) is 17.9. The fourth-order valence-electron chi connectivity index (χ4n) is 1.77. The summed E-state index contributed by atoms with van der Waals surface area (Å²) < 4.78 is 0. The summed E-state index contributed by atoms with van der Waals surface area (Å²) in [5, 5.41) is 10.1. The van der Waals surface area contributed by atoms with Gasteiger partial charge in [0.1, 0.15) is 0 Å². The fraction of sp³-hybridized carbons (Fsp3) is 0.500. The first-order chi connectivity index (χ1) is 8.45. The third-order valence-electron chi connectivity index (χ3n) is 2.94. The molecule has 0 spiro atoms. The van der Waals surface area contributed by atoms with Crippen LogP contribution in [0.1, 0.15) is 31.1 Å². The number of aliphatic hydroxyl groups is 1. The molecule has 0 heterocycles. The van der Waals surface area contributed by atoms with Crippen LogP contribution in [0.25, 0.3) is 0 Å². The van der Waals surface area contributed by atoms with Gasteiger partial charge in [0, 0.05) is 6.54 Å². The Balaban J connectivity index is 0.00000324. The molecule has 1 aromatic carbocycles. The predicted molar refractivity (Wildman–Crippen MR) is 79.3 cm³/mol. The maximum Gasteiger partial charge on any atom is 0.239 e. The second-order valence-corrected chi connectivity index (χ2v) is 4.59. The third-order valence-corrected chi connectivity index (χ3v) is 2.94. The number of carbonyl (C=O) groups is 1. The molecule has 19 heavy (non-hydrogen) atoms. The van der Waals surface area contributed by atoms with Crippen molar-refractivity contribution in [2.75, 3.05) is 13.1 Å². The van der Waals surface area contributed by atoms with E-state index >= 15 is 0 Å². The van der Waals surface area contributed by atoms with Crippen molar-refractivity contribution in [1.82, 2.24) is 4.90 Å². The van der Waals surface area contributed by atoms with Gasteiger partial charge in [0.05, 0.1) is 18.7 Å². The number of likely N-dealkylation sites (N-methyl/N-ethyl adjacent to an activating group) is 1. The van der Waals surface area contributed by atoms with E-state index in [9.17, 15) is 9.90 Å². The number of halogens is 1. The minimum Gasteiger partial charge on any atom is -0.387 e. The molecule has 0 aliphatic heterocycles. The smallest absolute Gasteiger partial charge is 0.239 e. The van der Waals surface area contributed by atoms with Crippen molar-refractivity contribution in [2.45, 2.75) is 32.9 Å². The lowest BCUT2D eigenvalue weighted by Crippen LogP contribution is -2.43. The highest BCUT2D eigenvalue weighted by Gasteiger charge is 2.19. The first-order valence-corrected chi connectivity index (χ1v) is 6.24. The van der Waals surface area contributed by atoms with Crippen LogP contribution >= 0.6 is 12.4 Å². The molecule has 0 saturated heterocycles. The van der Waals surface area contributed by atoms with Crippen molar-refractivity contribution < 1.29 is 9.90 Å². The average molecular weight is 287 g/mol. The molecule has 108 valence electrons. The Bertz CT molecular complexity index is 393. The Kier molecular flexibility index (Phi) is 7.68. The molecule has 0 aromatic heterocycles. The number of aliphatic hydroxyl groups excluding tert-OH is 1. The van der Waals surface area contributed by atoms with Gasteiger partial charge in [-0.15, -0.1) is 12.4 Å². The molecule has 2 unspecified atom stereocenters. The summed E-state index contributed by atoms with van der Waals surface area (Å²) in [6, 6.07) is 7.12. The van der Waals surface area contributed by atoms with Gasteiger partial charge in [-0.2, -0.15) is 0 Å². The summed E-state index contributed by atoms with van der Waals surface area (Å²) in [5.74, 6) is -0.135. The lowest BCUT2D eigenvalue weighted by molar-refractivity contribution is -0.133. The summed E-state index contributed by atoms with van der Waals surface area (Å²) in [6.07, 6.45) is -0.673. The number of aryl methyl sites for hydroxylation is 1. The number of nitrogens with two attached hydrogens (primary N) is 1. The van der Waals surface area contributed by atoms with Crippen LogP contribution in [-0.4, -0.2) is 35.0 Å². The van der Waals surface area contributed by atoms with Gasteiger partial charge >= 0.3 is 0 Å². The minimum absolute atomic E-state index is 0. The van der Waals surface area contributed by atoms with E-state index in [0.717, 1.165) is 11.1 Å². The van der Waals surface area contributed by atoms with Gasteiger partial charge in [-0.05, 0) is 26.3 Å². The zero-order valence-corrected chi connectivity index (χ0v) is 12.5. The van der Waals surface area contributed by atoms with E-state index in [-0.39, 0.29) is 24.9 Å². The molecule has 1 amide bonds. The number of benzene rings is 1. The fourth-order valence-corrected chi connectivity index (χ4v) is 1.77. The van der Waals surface area contributed by atoms with Gasteiger partial charge in [0.15, 0.2) is 0 Å². The van der Waals surface area contributed by atoms with Crippen molar-refractivity contribution in [1.29, 1.82) is 0 Å². The number of nitrogens with zero attached hydrogens (tertiary/aromatic N) is 1. The SMILES string of the molecule is CCN(CC(O)c1ccc(C)cc1)C(=O)C(C)N.Cl. The molecule has 0 aliphatic rings. The van der Waals surface area contributed by atoms with Crippen LogP contribution in [0, 0.1) is 6.92 Å². The van der Waals surface area contributed by atoms with Gasteiger partial charge in [0.2, 0.25) is 5.91 Å². The van der Waals surface area contributed by atoms with E-state index < -0.39 is 12.1 Å². The average Bonchev–Trinajstić information content (AvgIpc) is 2.35. The summed E-state index contributed by atoms with van der Waals surface area (Å²) in [4.78, 5) is 13.4. The molecular weight excluding hydrogens is 264 g/mol. The first-order valence-electron chi connectivity index (χ1n) is 6.24. The van der Waals surface area contributed by atoms with Crippen LogP contribution in [0.5, 0.6) is 0 Å². The second kappa shape index (κ2) is 8.15. The summed E-state index contributed by atoms with van der Waals surface area (Å²) >= 11 is 0. The number of amides is 1. The largest absolute Gasteiger partial charge is 0.387 e. The monoisotopic (exact) mass is 286 g/mol. The zero-order chi connectivity index (χ0) is 13.7. The number of rotatable bonds is 5. The highest BCUT2D eigenvalue weighted by atomic mass is 35.5. The molecule has 0 fully saturated rings. The van der Waals surface area contributed by atoms with Gasteiger partial charge < -0.3 is 15.7 Å². The Morgan fingerprint density at radius 1 is 1.37 bits per heavy atom. The Labute approximate surface area is 121 Å². The van der Waals surface area contributed by atoms with Crippen molar-refractivity contribution in [3.63, 3.8) is 0 Å². The van der Waals surface area contributed by atoms with Gasteiger partial charge in [0.25, 0.3) is 0 Å². The molecule has 4 nitrogen and oxygen atoms in total. The Morgan fingerprint density at radius 2 is 1.89 bits per heavy atom. The molecule has 1 rings (SSSR count). The molecule has 0 saturated carbocycles. The lowest BCUT2D eigenvalue weighted by atomic mass is 10.1. The molecule has 1 aromatic rings. The normalized spacial score (nSPS) is 13.3. The van der Waals surface area contributed by atoms with Crippen LogP contribution in [0.15, 0.2) is 24.3 Å². The van der Waals surface area contributed by atoms with Crippen molar-refractivity contribution in [3.8, 4) is 0 Å². The Morgan fingerprint density at radius 3 is 2.32 bits per heavy atom. The molecular formula is C14H23ClN2O2. The highest BCUT2D eigenvalue weighted by Crippen LogP contribution is 2.15. The van der Waals surface area contributed by atoms with Crippen molar-refractivity contribution >= 4 is 18.3 Å². The maximum absolute atomic E-state index is 11.8. The topological polar surface area (TPSA) is 66.6 Å². The van der Waals surface area contributed by atoms with E-state index in [2.05, 4.69) is 0 Å². The van der Waals surface area contributed by atoms with Crippen LogP contribution in [0.4, 0.5) is 0 Å². The van der Waals surface area contributed by atoms with Crippen molar-refractivity contribution in [3.05, 3.63) is 35.4 Å². The summed E-state index contributed by atoms with van der Waals surface area (Å²) in [5.41, 5.74) is 7.53. The standard InChI is InChI=1S/C14H22N2O2.ClH/c1-4-16(14(18)11(3)15)9-13(17)12-7-5-10(2)6-8-12;/h5-8,11,13,17H,4,9,15H2,1-3H3;1H. The van der Waals surface area contributed by atoms with E-state index in [1.54, 1.807) is 11.8 Å². The zero-order valence-electron chi connectivity index (χ0n) is 11.7. The quantitative estimate of drug-likeness (QED) is 0.865. The molecule has 5 heteroatoms. The minimum atomic E-state index is -0.673. The highest BCUT2D eigenvalue weighted by molar-refractivity contribution is 5.85. The third kappa shape index (κ3) is 5.19. The predicted octanol–water partition coefficient (Wildman–Crippen LogP) is 1.65.